The molecule has 0 bridgehead atoms. The van der Waals surface area contributed by atoms with Gasteiger partial charge in [-0.15, -0.1) is 0 Å². The Morgan fingerprint density at radius 2 is 1.90 bits per heavy atom. The molecular weight excluding hydrogens is 266 g/mol. The van der Waals surface area contributed by atoms with Crippen LogP contribution in [0, 0.1) is 34.0 Å². The monoisotopic (exact) mass is 275 g/mol. The maximum Gasteiger partial charge on any atom is 0.221 e. The second-order valence-corrected chi connectivity index (χ2v) is 3.97. The number of nitrogens with one attached hydrogen (secondary N) is 1. The Hall–Kier alpha value is -3.56. The summed E-state index contributed by atoms with van der Waals surface area (Å²) in [4.78, 5) is 4.10. The van der Waals surface area contributed by atoms with Crippen molar-refractivity contribution in [2.24, 2.45) is 0 Å². The molecule has 2 aromatic rings. The van der Waals surface area contributed by atoms with E-state index in [-0.39, 0.29) is 11.3 Å². The fourth-order valence-corrected chi connectivity index (χ4v) is 1.81. The third-order valence-corrected chi connectivity index (χ3v) is 2.78. The molecule has 1 N–H and O–H groups in total. The number of pyridine rings is 1. The Balaban J connectivity index is 2.50. The Kier molecular flexibility index (Phi) is 4.00. The lowest BCUT2D eigenvalue weighted by Gasteiger charge is -2.08. The first kappa shape index (κ1) is 13.9. The molecule has 0 aliphatic rings. The summed E-state index contributed by atoms with van der Waals surface area (Å²) in [7, 11) is 1.52. The van der Waals surface area contributed by atoms with Gasteiger partial charge in [-0.2, -0.15) is 15.8 Å². The lowest BCUT2D eigenvalue weighted by molar-refractivity contribution is 0.403. The topological polar surface area (TPSA) is 106 Å². The zero-order valence-corrected chi connectivity index (χ0v) is 11.1. The minimum Gasteiger partial charge on any atom is -0.481 e. The molecule has 1 aromatic carbocycles. The summed E-state index contributed by atoms with van der Waals surface area (Å²) in [5.41, 5.74) is 0.200. The second-order valence-electron chi connectivity index (χ2n) is 3.97. The molecule has 1 heterocycles. The summed E-state index contributed by atoms with van der Waals surface area (Å²) in [6.45, 7) is 0. The Morgan fingerprint density at radius 3 is 2.52 bits per heavy atom. The van der Waals surface area contributed by atoms with Crippen LogP contribution in [0.3, 0.4) is 0 Å². The normalized spacial score (nSPS) is 9.05. The second kappa shape index (κ2) is 6.06. The number of nitriles is 3. The van der Waals surface area contributed by atoms with E-state index in [2.05, 4.69) is 10.3 Å². The average molecular weight is 275 g/mol. The smallest absolute Gasteiger partial charge is 0.221 e. The first-order valence-corrected chi connectivity index (χ1v) is 5.88. The summed E-state index contributed by atoms with van der Waals surface area (Å²) in [5.74, 6) is 0.458. The van der Waals surface area contributed by atoms with Crippen LogP contribution in [0.4, 0.5) is 5.69 Å². The molecule has 0 atom stereocenters. The van der Waals surface area contributed by atoms with Crippen molar-refractivity contribution in [3.8, 4) is 24.1 Å². The number of nitrogens with zero attached hydrogens (tertiary/aromatic N) is 4. The van der Waals surface area contributed by atoms with Crippen LogP contribution in [0.5, 0.6) is 5.88 Å². The minimum atomic E-state index is -0.268. The van der Waals surface area contributed by atoms with E-state index in [9.17, 15) is 0 Å². The fraction of sp³-hybridized carbons (Fsp3) is 0.0667. The number of ether oxygens (including phenoxy) is 1. The van der Waals surface area contributed by atoms with Gasteiger partial charge < -0.3 is 10.1 Å². The van der Waals surface area contributed by atoms with Gasteiger partial charge in [-0.1, -0.05) is 6.07 Å². The van der Waals surface area contributed by atoms with Crippen LogP contribution in [0.15, 0.2) is 41.7 Å². The van der Waals surface area contributed by atoms with E-state index < -0.39 is 0 Å². The van der Waals surface area contributed by atoms with E-state index in [1.54, 1.807) is 36.5 Å². The highest BCUT2D eigenvalue weighted by Gasteiger charge is 2.08. The summed E-state index contributed by atoms with van der Waals surface area (Å²) < 4.78 is 5.18. The summed E-state index contributed by atoms with van der Waals surface area (Å²) in [6, 6.07) is 12.3. The van der Waals surface area contributed by atoms with Crippen molar-refractivity contribution in [1.82, 2.24) is 4.98 Å². The fourth-order valence-electron chi connectivity index (χ4n) is 1.81. The molecule has 0 spiro atoms. The molecule has 0 amide bonds. The molecule has 0 radical (unpaired) electrons. The van der Waals surface area contributed by atoms with Gasteiger partial charge in [-0.05, 0) is 23.6 Å². The lowest BCUT2D eigenvalue weighted by atomic mass is 10.1. The molecule has 0 unspecified atom stereocenters. The van der Waals surface area contributed by atoms with E-state index in [1.165, 1.54) is 7.11 Å². The molecule has 100 valence electrons. The molecule has 0 saturated carbocycles. The van der Waals surface area contributed by atoms with Gasteiger partial charge in [0.25, 0.3) is 0 Å². The number of benzene rings is 1. The van der Waals surface area contributed by atoms with Crippen LogP contribution >= 0.6 is 0 Å². The molecule has 0 aliphatic carbocycles. The summed E-state index contributed by atoms with van der Waals surface area (Å²) in [5, 5.41) is 31.1. The highest BCUT2D eigenvalue weighted by molar-refractivity contribution is 5.90. The first-order chi connectivity index (χ1) is 10.2. The van der Waals surface area contributed by atoms with E-state index in [4.69, 9.17) is 20.5 Å². The van der Waals surface area contributed by atoms with Crippen LogP contribution in [0.1, 0.15) is 0 Å². The van der Waals surface area contributed by atoms with Crippen LogP contribution in [-0.2, 0) is 0 Å². The molecule has 1 aromatic heterocycles. The van der Waals surface area contributed by atoms with Crippen LogP contribution in [-0.4, -0.2) is 12.1 Å². The third kappa shape index (κ3) is 2.73. The van der Waals surface area contributed by atoms with E-state index in [0.29, 0.717) is 11.6 Å². The van der Waals surface area contributed by atoms with Crippen molar-refractivity contribution in [3.05, 3.63) is 41.7 Å². The van der Waals surface area contributed by atoms with Gasteiger partial charge in [0.05, 0.1) is 7.11 Å². The number of rotatable bonds is 3. The Morgan fingerprint density at radius 1 is 1.14 bits per heavy atom. The number of hydrogen-bond donors (Lipinski definition) is 1. The number of methoxy groups -OCH3 is 1. The highest BCUT2D eigenvalue weighted by Crippen LogP contribution is 2.26. The predicted molar refractivity (Wildman–Crippen MR) is 75.8 cm³/mol. The first-order valence-electron chi connectivity index (χ1n) is 5.88. The van der Waals surface area contributed by atoms with Crippen LogP contribution in [0.25, 0.3) is 10.8 Å². The number of aromatic nitrogens is 1. The number of hydrogen-bond acceptors (Lipinski definition) is 6. The van der Waals surface area contributed by atoms with E-state index in [1.807, 2.05) is 12.1 Å². The van der Waals surface area contributed by atoms with Crippen molar-refractivity contribution >= 4 is 16.5 Å². The molecule has 2 rings (SSSR count). The summed E-state index contributed by atoms with van der Waals surface area (Å²) >= 11 is 0. The number of anilines is 1. The van der Waals surface area contributed by atoms with Gasteiger partial charge in [0.15, 0.2) is 5.57 Å². The quantitative estimate of drug-likeness (QED) is 0.862. The summed E-state index contributed by atoms with van der Waals surface area (Å²) in [6.07, 6.45) is 1.64. The van der Waals surface area contributed by atoms with Gasteiger partial charge >= 0.3 is 0 Å². The maximum atomic E-state index is 9.02. The van der Waals surface area contributed by atoms with Crippen molar-refractivity contribution in [3.63, 3.8) is 0 Å². The van der Waals surface area contributed by atoms with Crippen molar-refractivity contribution in [2.45, 2.75) is 0 Å². The number of allylic oxidation sites excluding steroid dienone is 2. The standard InChI is InChI=1S/C15H9N5O/c1-21-15-13-6-12(3-2-10(13)4-5-19-15)20-14(9-18)11(7-16)8-17/h2-6,20H,1H3. The van der Waals surface area contributed by atoms with Gasteiger partial charge in [0, 0.05) is 17.3 Å². The molecule has 21 heavy (non-hydrogen) atoms. The molecule has 0 aliphatic heterocycles. The SMILES string of the molecule is COc1nccc2ccc(NC(C#N)=C(C#N)C#N)cc12. The van der Waals surface area contributed by atoms with Gasteiger partial charge in [0.1, 0.15) is 23.9 Å². The number of fused-ring (bicyclic) bond motifs is 1. The largest absolute Gasteiger partial charge is 0.481 e. The van der Waals surface area contributed by atoms with Gasteiger partial charge in [-0.25, -0.2) is 4.98 Å². The van der Waals surface area contributed by atoms with Crippen molar-refractivity contribution in [2.75, 3.05) is 12.4 Å². The molecule has 0 saturated heterocycles. The predicted octanol–water partition coefficient (Wildman–Crippen LogP) is 2.48. The van der Waals surface area contributed by atoms with Crippen LogP contribution < -0.4 is 10.1 Å². The van der Waals surface area contributed by atoms with Gasteiger partial charge in [0.2, 0.25) is 5.88 Å². The Labute approximate surface area is 121 Å². The van der Waals surface area contributed by atoms with Crippen molar-refractivity contribution < 1.29 is 4.74 Å². The van der Waals surface area contributed by atoms with Crippen molar-refractivity contribution in [1.29, 1.82) is 15.8 Å². The van der Waals surface area contributed by atoms with Crippen LogP contribution in [0.2, 0.25) is 0 Å². The maximum absolute atomic E-state index is 9.02. The third-order valence-electron chi connectivity index (χ3n) is 2.78. The molecule has 6 nitrogen and oxygen atoms in total. The van der Waals surface area contributed by atoms with Gasteiger partial charge in [-0.3, -0.25) is 0 Å². The molecule has 0 fully saturated rings. The lowest BCUT2D eigenvalue weighted by Crippen LogP contribution is -2.00. The highest BCUT2D eigenvalue weighted by atomic mass is 16.5. The Bertz CT molecular complexity index is 833. The minimum absolute atomic E-state index is 0.0952. The van der Waals surface area contributed by atoms with E-state index in [0.717, 1.165) is 10.8 Å². The zero-order chi connectivity index (χ0) is 15.2. The molecule has 6 heteroatoms. The molecular formula is C15H9N5O. The zero-order valence-electron chi connectivity index (χ0n) is 11.1. The average Bonchev–Trinajstić information content (AvgIpc) is 2.54. The van der Waals surface area contributed by atoms with E-state index >= 15 is 0 Å².